The van der Waals surface area contributed by atoms with Crippen LogP contribution in [-0.2, 0) is 6.42 Å². The van der Waals surface area contributed by atoms with E-state index in [2.05, 4.69) is 0 Å². The summed E-state index contributed by atoms with van der Waals surface area (Å²) in [5.74, 6) is 0.225. The molecule has 0 spiro atoms. The van der Waals surface area contributed by atoms with Crippen molar-refractivity contribution in [1.82, 2.24) is 0 Å². The van der Waals surface area contributed by atoms with Gasteiger partial charge >= 0.3 is 6.92 Å². The van der Waals surface area contributed by atoms with Gasteiger partial charge in [0.15, 0.2) is 0 Å². The maximum atomic E-state index is 13.5. The van der Waals surface area contributed by atoms with Crippen LogP contribution in [0.3, 0.4) is 0 Å². The van der Waals surface area contributed by atoms with Crippen LogP contribution in [0.5, 0.6) is 5.75 Å². The zero-order valence-electron chi connectivity index (χ0n) is 10.8. The van der Waals surface area contributed by atoms with Crippen molar-refractivity contribution in [3.8, 4) is 16.9 Å². The van der Waals surface area contributed by atoms with Gasteiger partial charge in [0.05, 0.1) is 13.1 Å². The molecule has 0 atom stereocenters. The average molecular weight is 272 g/mol. The number of ether oxygens (including phenoxy) is 1. The van der Waals surface area contributed by atoms with E-state index in [1.807, 2.05) is 6.07 Å². The second-order valence-electron chi connectivity index (χ2n) is 4.82. The number of rotatable bonds is 2. The fourth-order valence-corrected chi connectivity index (χ4v) is 2.57. The molecule has 2 aromatic carbocycles. The fourth-order valence-electron chi connectivity index (χ4n) is 2.57. The van der Waals surface area contributed by atoms with E-state index in [-0.39, 0.29) is 12.3 Å². The predicted octanol–water partition coefficient (Wildman–Crippen LogP) is 1.15. The molecule has 3 rings (SSSR count). The molecule has 1 heterocycles. The minimum Gasteiger partial charge on any atom is -0.493 e. The number of benzene rings is 2. The van der Waals surface area contributed by atoms with E-state index in [1.165, 1.54) is 12.1 Å². The molecular weight excluding hydrogens is 258 g/mol. The van der Waals surface area contributed by atoms with Gasteiger partial charge in [0.25, 0.3) is 0 Å². The van der Waals surface area contributed by atoms with Crippen LogP contribution in [0, 0.1) is 5.82 Å². The molecule has 1 aliphatic rings. The minimum absolute atomic E-state index is 0.301. The maximum absolute atomic E-state index is 13.5. The summed E-state index contributed by atoms with van der Waals surface area (Å²) in [5.41, 5.74) is 3.08. The summed E-state index contributed by atoms with van der Waals surface area (Å²) in [6.45, 7) is -0.920. The van der Waals surface area contributed by atoms with Crippen molar-refractivity contribution in [1.29, 1.82) is 0 Å². The standard InChI is InChI=1S/C15H14BFO3/c17-11-5-4-10-6-7-20-15-12(13(10)8-11)2-1-3-14(15)16(19)9-18/h1-5,8,18-19H,6-7,9H2. The minimum atomic E-state index is -1.000. The molecule has 2 aromatic rings. The second-order valence-corrected chi connectivity index (χ2v) is 4.82. The molecule has 0 fully saturated rings. The quantitative estimate of drug-likeness (QED) is 0.806. The molecular formula is C15H14BFO3. The Morgan fingerprint density at radius 2 is 2.05 bits per heavy atom. The maximum Gasteiger partial charge on any atom is 0.354 e. The predicted molar refractivity (Wildman–Crippen MR) is 75.7 cm³/mol. The monoisotopic (exact) mass is 272 g/mol. The number of hydrogen-bond acceptors (Lipinski definition) is 3. The smallest absolute Gasteiger partial charge is 0.354 e. The average Bonchev–Trinajstić information content (AvgIpc) is 2.65. The third-order valence-electron chi connectivity index (χ3n) is 3.56. The number of aliphatic hydroxyl groups excluding tert-OH is 1. The van der Waals surface area contributed by atoms with Crippen molar-refractivity contribution in [3.05, 3.63) is 47.8 Å². The number of fused-ring (bicyclic) bond motifs is 3. The summed E-state index contributed by atoms with van der Waals surface area (Å²) in [6, 6.07) is 10.0. The van der Waals surface area contributed by atoms with Gasteiger partial charge in [-0.05, 0) is 28.7 Å². The largest absolute Gasteiger partial charge is 0.493 e. The van der Waals surface area contributed by atoms with Crippen LogP contribution >= 0.6 is 0 Å². The Labute approximate surface area is 116 Å². The van der Waals surface area contributed by atoms with Gasteiger partial charge in [0.1, 0.15) is 11.6 Å². The van der Waals surface area contributed by atoms with Gasteiger partial charge in [-0.2, -0.15) is 0 Å². The second kappa shape index (κ2) is 5.27. The molecule has 0 saturated carbocycles. The van der Waals surface area contributed by atoms with E-state index in [4.69, 9.17) is 9.84 Å². The van der Waals surface area contributed by atoms with Crippen molar-refractivity contribution < 1.29 is 19.3 Å². The first kappa shape index (κ1) is 13.2. The Hall–Kier alpha value is -1.85. The lowest BCUT2D eigenvalue weighted by atomic mass is 9.61. The molecule has 0 radical (unpaired) electrons. The molecule has 0 unspecified atom stereocenters. The molecule has 5 heteroatoms. The van der Waals surface area contributed by atoms with Crippen molar-refractivity contribution >= 4 is 12.4 Å². The van der Waals surface area contributed by atoms with E-state index in [1.54, 1.807) is 18.2 Å². The third-order valence-corrected chi connectivity index (χ3v) is 3.56. The van der Waals surface area contributed by atoms with Crippen molar-refractivity contribution in [2.45, 2.75) is 6.42 Å². The Kier molecular flexibility index (Phi) is 3.46. The van der Waals surface area contributed by atoms with Crippen molar-refractivity contribution in [3.63, 3.8) is 0 Å². The molecule has 0 bridgehead atoms. The normalized spacial score (nSPS) is 12.9. The van der Waals surface area contributed by atoms with Gasteiger partial charge in [-0.1, -0.05) is 24.3 Å². The summed E-state index contributed by atoms with van der Waals surface area (Å²) >= 11 is 0. The number of hydrogen-bond donors (Lipinski definition) is 2. The van der Waals surface area contributed by atoms with Crippen LogP contribution in [-0.4, -0.2) is 30.2 Å². The Bertz CT molecular complexity index is 645. The molecule has 0 amide bonds. The molecule has 0 saturated heterocycles. The van der Waals surface area contributed by atoms with E-state index >= 15 is 0 Å². The van der Waals surface area contributed by atoms with Crippen LogP contribution in [0.4, 0.5) is 4.39 Å². The molecule has 0 aromatic heterocycles. The summed E-state index contributed by atoms with van der Waals surface area (Å²) in [6.07, 6.45) is 0.680. The van der Waals surface area contributed by atoms with Gasteiger partial charge in [0, 0.05) is 12.0 Å². The Morgan fingerprint density at radius 1 is 1.20 bits per heavy atom. The molecule has 0 aliphatic carbocycles. The molecule has 2 N–H and O–H groups in total. The van der Waals surface area contributed by atoms with Gasteiger partial charge < -0.3 is 14.9 Å². The SMILES string of the molecule is OCB(O)c1cccc2c1OCCc1ccc(F)cc1-2. The highest BCUT2D eigenvalue weighted by Crippen LogP contribution is 2.34. The van der Waals surface area contributed by atoms with Crippen molar-refractivity contribution in [2.75, 3.05) is 13.1 Å². The first-order chi connectivity index (χ1) is 9.70. The number of para-hydroxylation sites is 1. The van der Waals surface area contributed by atoms with Crippen LogP contribution in [0.1, 0.15) is 5.56 Å². The Morgan fingerprint density at radius 3 is 2.85 bits per heavy atom. The highest BCUT2D eigenvalue weighted by molar-refractivity contribution is 6.67. The zero-order chi connectivity index (χ0) is 14.1. The number of aliphatic hydroxyl groups is 1. The highest BCUT2D eigenvalue weighted by atomic mass is 19.1. The summed E-state index contributed by atoms with van der Waals surface area (Å²) in [4.78, 5) is 0. The third kappa shape index (κ3) is 2.19. The van der Waals surface area contributed by atoms with Gasteiger partial charge in [-0.3, -0.25) is 0 Å². The van der Waals surface area contributed by atoms with Crippen molar-refractivity contribution in [2.24, 2.45) is 0 Å². The topological polar surface area (TPSA) is 49.7 Å². The lowest BCUT2D eigenvalue weighted by Gasteiger charge is -2.14. The lowest BCUT2D eigenvalue weighted by Crippen LogP contribution is -2.35. The number of halogens is 1. The molecule has 102 valence electrons. The van der Waals surface area contributed by atoms with E-state index in [0.717, 1.165) is 16.7 Å². The fraction of sp³-hybridized carbons (Fsp3) is 0.200. The first-order valence-electron chi connectivity index (χ1n) is 6.54. The van der Waals surface area contributed by atoms with Crippen LogP contribution in [0.15, 0.2) is 36.4 Å². The summed E-state index contributed by atoms with van der Waals surface area (Å²) in [7, 11) is 0. The van der Waals surface area contributed by atoms with Gasteiger partial charge in [0.2, 0.25) is 0 Å². The lowest BCUT2D eigenvalue weighted by molar-refractivity contribution is 0.325. The molecule has 20 heavy (non-hydrogen) atoms. The van der Waals surface area contributed by atoms with Crippen LogP contribution < -0.4 is 10.2 Å². The van der Waals surface area contributed by atoms with Gasteiger partial charge in [-0.25, -0.2) is 4.39 Å². The zero-order valence-corrected chi connectivity index (χ0v) is 10.8. The van der Waals surface area contributed by atoms with E-state index in [9.17, 15) is 9.41 Å². The molecule has 1 aliphatic heterocycles. The summed E-state index contributed by atoms with van der Waals surface area (Å²) in [5, 5.41) is 19.0. The van der Waals surface area contributed by atoms with Gasteiger partial charge in [-0.15, -0.1) is 0 Å². The highest BCUT2D eigenvalue weighted by Gasteiger charge is 2.24. The van der Waals surface area contributed by atoms with E-state index < -0.39 is 6.92 Å². The van der Waals surface area contributed by atoms with Crippen LogP contribution in [0.2, 0.25) is 0 Å². The van der Waals surface area contributed by atoms with Crippen LogP contribution in [0.25, 0.3) is 11.1 Å². The van der Waals surface area contributed by atoms with E-state index in [0.29, 0.717) is 24.2 Å². The summed E-state index contributed by atoms with van der Waals surface area (Å²) < 4.78 is 19.2. The molecule has 3 nitrogen and oxygen atoms in total. The Balaban J connectivity index is 2.22. The first-order valence-corrected chi connectivity index (χ1v) is 6.54.